The summed E-state index contributed by atoms with van der Waals surface area (Å²) in [6, 6.07) is 13.0. The van der Waals surface area contributed by atoms with Crippen molar-refractivity contribution in [1.29, 1.82) is 0 Å². The number of hydrogen-bond acceptors (Lipinski definition) is 4. The number of aromatic hydroxyl groups is 2. The topological polar surface area (TPSA) is 77.8 Å². The first-order valence-corrected chi connectivity index (χ1v) is 15.7. The highest BCUT2D eigenvalue weighted by molar-refractivity contribution is 7.99. The molecule has 4 nitrogen and oxygen atoms in total. The minimum atomic E-state index is -5.61. The number of hydrogen-bond donors (Lipinski definition) is 3. The van der Waals surface area contributed by atoms with E-state index in [9.17, 15) is 42.1 Å². The zero-order valence-corrected chi connectivity index (χ0v) is 24.8. The Labute approximate surface area is 248 Å². The van der Waals surface area contributed by atoms with Gasteiger partial charge >= 0.3 is 18.1 Å². The molecule has 42 heavy (non-hydrogen) atoms. The molecule has 3 rings (SSSR count). The Morgan fingerprint density at radius 1 is 0.881 bits per heavy atom. The molecule has 0 amide bonds. The van der Waals surface area contributed by atoms with Crippen molar-refractivity contribution in [3.63, 3.8) is 0 Å². The fourth-order valence-electron chi connectivity index (χ4n) is 5.93. The van der Waals surface area contributed by atoms with Gasteiger partial charge < -0.3 is 15.3 Å². The summed E-state index contributed by atoms with van der Waals surface area (Å²) in [4.78, 5) is 12.5. The summed E-state index contributed by atoms with van der Waals surface area (Å²) < 4.78 is 63.1. The molecule has 0 saturated carbocycles. The van der Waals surface area contributed by atoms with Crippen molar-refractivity contribution in [2.45, 2.75) is 112 Å². The molecule has 0 aromatic heterocycles. The summed E-state index contributed by atoms with van der Waals surface area (Å²) in [5.41, 5.74) is 2.27. The lowest BCUT2D eigenvalue weighted by Crippen LogP contribution is -2.36. The molecule has 2 aromatic carbocycles. The molecule has 0 bridgehead atoms. The first-order chi connectivity index (χ1) is 19.7. The van der Waals surface area contributed by atoms with E-state index in [1.54, 1.807) is 30.0 Å². The van der Waals surface area contributed by atoms with Gasteiger partial charge in [-0.1, -0.05) is 70.1 Å². The summed E-state index contributed by atoms with van der Waals surface area (Å²) in [6.45, 7) is 2.26. The van der Waals surface area contributed by atoms with Gasteiger partial charge in [0.15, 0.2) is 0 Å². The highest BCUT2D eigenvalue weighted by Crippen LogP contribution is 2.52. The molecule has 3 N–H and O–H groups in total. The SMILES string of the molecule is C[C@@]1(c2ccc(O)cc2)CSc2cc(O)ccc2[C@@H]1CCCCCCCCC[C@@H](CCCC(F)(F)C(F)(F)F)C(=O)O. The van der Waals surface area contributed by atoms with Crippen LogP contribution in [-0.2, 0) is 10.2 Å². The third-order valence-electron chi connectivity index (χ3n) is 8.55. The maximum Gasteiger partial charge on any atom is 0.453 e. The molecule has 234 valence electrons. The van der Waals surface area contributed by atoms with E-state index in [4.69, 9.17) is 0 Å². The van der Waals surface area contributed by atoms with Crippen LogP contribution in [0.4, 0.5) is 22.0 Å². The highest BCUT2D eigenvalue weighted by Gasteiger charge is 2.56. The van der Waals surface area contributed by atoms with E-state index < -0.39 is 36.8 Å². The van der Waals surface area contributed by atoms with Gasteiger partial charge in [-0.25, -0.2) is 0 Å². The average Bonchev–Trinajstić information content (AvgIpc) is 2.91. The molecular weight excluding hydrogens is 575 g/mol. The number of phenolic OH excluding ortho intramolecular Hbond substituents is 2. The van der Waals surface area contributed by atoms with Crippen LogP contribution in [0.3, 0.4) is 0 Å². The van der Waals surface area contributed by atoms with Gasteiger partial charge in [-0.3, -0.25) is 4.79 Å². The Hall–Kier alpha value is -2.49. The lowest BCUT2D eigenvalue weighted by Gasteiger charge is -2.43. The number of aliphatic carboxylic acids is 1. The Kier molecular flexibility index (Phi) is 12.0. The Bertz CT molecular complexity index is 1150. The smallest absolute Gasteiger partial charge is 0.453 e. The first-order valence-electron chi connectivity index (χ1n) is 14.7. The van der Waals surface area contributed by atoms with E-state index in [-0.39, 0.29) is 35.7 Å². The Morgan fingerprint density at radius 2 is 1.45 bits per heavy atom. The zero-order valence-electron chi connectivity index (χ0n) is 23.9. The second-order valence-corrected chi connectivity index (χ2v) is 12.7. The minimum absolute atomic E-state index is 0.133. The van der Waals surface area contributed by atoms with Crippen LogP contribution in [0.15, 0.2) is 47.4 Å². The van der Waals surface area contributed by atoms with Gasteiger partial charge in [0.25, 0.3) is 0 Å². The number of fused-ring (bicyclic) bond motifs is 1. The van der Waals surface area contributed by atoms with Gasteiger partial charge in [0, 0.05) is 22.5 Å². The molecular formula is C32H41F5O4S. The lowest BCUT2D eigenvalue weighted by molar-refractivity contribution is -0.284. The van der Waals surface area contributed by atoms with E-state index in [0.29, 0.717) is 6.42 Å². The number of carboxylic acids is 1. The van der Waals surface area contributed by atoms with Crippen LogP contribution < -0.4 is 0 Å². The van der Waals surface area contributed by atoms with Crippen LogP contribution in [0.1, 0.15) is 101 Å². The second kappa shape index (κ2) is 14.8. The van der Waals surface area contributed by atoms with Gasteiger partial charge in [0.1, 0.15) is 11.5 Å². The first kappa shape index (κ1) is 34.0. The third kappa shape index (κ3) is 9.01. The lowest BCUT2D eigenvalue weighted by atomic mass is 9.68. The predicted molar refractivity (Wildman–Crippen MR) is 155 cm³/mol. The van der Waals surface area contributed by atoms with Crippen LogP contribution in [-0.4, -0.2) is 39.1 Å². The van der Waals surface area contributed by atoms with E-state index in [1.807, 2.05) is 24.3 Å². The standard InChI is InChI=1S/C32H41F5O4S/c1-30(23-13-15-24(38)16-14-23)21-42-28-20-25(39)17-18-26(28)27(30)12-8-6-4-2-3-5-7-10-22(29(40)41)11-9-19-31(33,34)32(35,36)37/h13-18,20,22,27,38-39H,2-12,19,21H2,1H3,(H,40,41)/t22-,27-,30-/m0/s1. The van der Waals surface area contributed by atoms with Crippen molar-refractivity contribution in [3.05, 3.63) is 53.6 Å². The minimum Gasteiger partial charge on any atom is -0.508 e. The fraction of sp³-hybridized carbons (Fsp3) is 0.594. The largest absolute Gasteiger partial charge is 0.508 e. The molecule has 1 aliphatic rings. The van der Waals surface area contributed by atoms with E-state index in [1.165, 1.54) is 11.1 Å². The number of benzene rings is 2. The number of halogens is 5. The van der Waals surface area contributed by atoms with Crippen LogP contribution in [0.5, 0.6) is 11.5 Å². The van der Waals surface area contributed by atoms with Gasteiger partial charge in [-0.2, -0.15) is 22.0 Å². The van der Waals surface area contributed by atoms with Crippen molar-refractivity contribution in [2.75, 3.05) is 5.75 Å². The number of carboxylic acid groups (broad SMARTS) is 1. The van der Waals surface area contributed by atoms with Crippen molar-refractivity contribution >= 4 is 17.7 Å². The van der Waals surface area contributed by atoms with Crippen LogP contribution in [0, 0.1) is 5.92 Å². The normalized spacial score (nSPS) is 19.8. The van der Waals surface area contributed by atoms with Gasteiger partial charge in [-0.15, -0.1) is 11.8 Å². The average molecular weight is 617 g/mol. The molecule has 0 fully saturated rings. The maximum absolute atomic E-state index is 13.1. The monoisotopic (exact) mass is 616 g/mol. The molecule has 0 spiro atoms. The van der Waals surface area contributed by atoms with Crippen molar-refractivity contribution in [1.82, 2.24) is 0 Å². The van der Waals surface area contributed by atoms with Crippen LogP contribution >= 0.6 is 11.8 Å². The number of carbonyl (C=O) groups is 1. The van der Waals surface area contributed by atoms with Gasteiger partial charge in [0.05, 0.1) is 5.92 Å². The summed E-state index contributed by atoms with van der Waals surface area (Å²) in [7, 11) is 0. The second-order valence-electron chi connectivity index (χ2n) is 11.7. The number of phenols is 2. The van der Waals surface area contributed by atoms with Crippen molar-refractivity contribution in [3.8, 4) is 11.5 Å². The van der Waals surface area contributed by atoms with Gasteiger partial charge in [-0.05, 0) is 67.0 Å². The molecule has 1 heterocycles. The van der Waals surface area contributed by atoms with E-state index in [2.05, 4.69) is 6.92 Å². The third-order valence-corrected chi connectivity index (χ3v) is 9.96. The molecule has 10 heteroatoms. The van der Waals surface area contributed by atoms with Crippen molar-refractivity contribution < 1.29 is 42.1 Å². The molecule has 0 unspecified atom stereocenters. The summed E-state index contributed by atoms with van der Waals surface area (Å²) in [6.07, 6.45) is -0.0611. The maximum atomic E-state index is 13.1. The molecule has 0 radical (unpaired) electrons. The summed E-state index contributed by atoms with van der Waals surface area (Å²) >= 11 is 1.74. The molecule has 0 aliphatic carbocycles. The van der Waals surface area contributed by atoms with E-state index in [0.717, 1.165) is 55.6 Å². The fourth-order valence-corrected chi connectivity index (χ4v) is 7.34. The van der Waals surface area contributed by atoms with Crippen molar-refractivity contribution in [2.24, 2.45) is 5.92 Å². The van der Waals surface area contributed by atoms with Gasteiger partial charge in [0.2, 0.25) is 0 Å². The molecule has 2 aromatic rings. The summed E-state index contributed by atoms with van der Waals surface area (Å²) in [5, 5.41) is 29.1. The Morgan fingerprint density at radius 3 is 2.07 bits per heavy atom. The molecule has 1 aliphatic heterocycles. The Balaban J connectivity index is 1.41. The molecule has 3 atom stereocenters. The number of unbranched alkanes of at least 4 members (excludes halogenated alkanes) is 6. The highest BCUT2D eigenvalue weighted by atomic mass is 32.2. The number of alkyl halides is 5. The summed E-state index contributed by atoms with van der Waals surface area (Å²) in [5.74, 6) is -5.24. The quantitative estimate of drug-likeness (QED) is 0.129. The van der Waals surface area contributed by atoms with Crippen LogP contribution in [0.25, 0.3) is 0 Å². The van der Waals surface area contributed by atoms with E-state index >= 15 is 0 Å². The predicted octanol–water partition coefficient (Wildman–Crippen LogP) is 9.82. The zero-order chi connectivity index (χ0) is 31.0. The molecule has 0 saturated heterocycles. The number of thioether (sulfide) groups is 1. The van der Waals surface area contributed by atoms with Crippen LogP contribution in [0.2, 0.25) is 0 Å². The number of rotatable bonds is 16.